The molecule has 0 bridgehead atoms. The summed E-state index contributed by atoms with van der Waals surface area (Å²) >= 11 is 0. The van der Waals surface area contributed by atoms with Crippen molar-refractivity contribution in [1.29, 1.82) is 0 Å². The molecule has 3 nitrogen and oxygen atoms in total. The van der Waals surface area contributed by atoms with Crippen LogP contribution in [-0.2, 0) is 13.3 Å². The zero-order valence-corrected chi connectivity index (χ0v) is 18.8. The molecule has 0 atom stereocenters. The molecule has 4 heteroatoms. The highest BCUT2D eigenvalue weighted by atomic mass is 28.4. The van der Waals surface area contributed by atoms with E-state index in [1.165, 1.54) is 83.5 Å². The van der Waals surface area contributed by atoms with Crippen molar-refractivity contribution in [3.05, 3.63) is 24.4 Å². The molecule has 0 amide bonds. The Morgan fingerprint density at radius 2 is 1.15 bits per heavy atom. The molecule has 0 radical (unpaired) electrons. The second-order valence-electron chi connectivity index (χ2n) is 7.00. The van der Waals surface area contributed by atoms with Crippen molar-refractivity contribution in [2.24, 2.45) is 0 Å². The third kappa shape index (κ3) is 14.7. The monoisotopic (exact) mass is 384 g/mol. The van der Waals surface area contributed by atoms with Gasteiger partial charge in [-0.3, -0.25) is 0 Å². The summed E-state index contributed by atoms with van der Waals surface area (Å²) in [6.07, 6.45) is 23.2. The third-order valence-corrected chi connectivity index (χ3v) is 7.02. The van der Waals surface area contributed by atoms with E-state index in [1.807, 2.05) is 0 Å². The van der Waals surface area contributed by atoms with Gasteiger partial charge in [-0.15, -0.1) is 0 Å². The van der Waals surface area contributed by atoms with E-state index in [4.69, 9.17) is 13.3 Å². The molecule has 0 aromatic carbocycles. The van der Waals surface area contributed by atoms with Gasteiger partial charge in [-0.05, 0) is 37.8 Å². The maximum absolute atomic E-state index is 5.76. The second-order valence-corrected chi connectivity index (χ2v) is 9.72. The van der Waals surface area contributed by atoms with Crippen molar-refractivity contribution in [2.45, 2.75) is 96.8 Å². The average Bonchev–Trinajstić information content (AvgIpc) is 2.68. The maximum Gasteiger partial charge on any atom is 0.528 e. The first-order valence-electron chi connectivity index (χ1n) is 10.8. The lowest BCUT2D eigenvalue weighted by molar-refractivity contribution is 0.110. The van der Waals surface area contributed by atoms with Crippen LogP contribution in [0.5, 0.6) is 0 Å². The predicted molar refractivity (Wildman–Crippen MR) is 115 cm³/mol. The first kappa shape index (κ1) is 25.6. The number of allylic oxidation sites excluding steroid dienone is 2. The van der Waals surface area contributed by atoms with Crippen LogP contribution in [0.25, 0.3) is 0 Å². The Morgan fingerprint density at radius 1 is 0.692 bits per heavy atom. The maximum atomic E-state index is 5.76. The Labute approximate surface area is 164 Å². The summed E-state index contributed by atoms with van der Waals surface area (Å²) in [5.74, 6) is 0. The number of unbranched alkanes of at least 4 members (excludes halogenated alkanes) is 12. The SMILES string of the molecule is C=C[Si](OC)(OC)OCCCCCCCC/C=C\CCCCCCCC. The van der Waals surface area contributed by atoms with E-state index in [2.05, 4.69) is 25.7 Å². The molecular weight excluding hydrogens is 340 g/mol. The van der Waals surface area contributed by atoms with E-state index in [9.17, 15) is 0 Å². The van der Waals surface area contributed by atoms with E-state index in [1.54, 1.807) is 19.9 Å². The minimum Gasteiger partial charge on any atom is -0.374 e. The fourth-order valence-corrected chi connectivity index (χ4v) is 4.27. The molecule has 0 rings (SSSR count). The van der Waals surface area contributed by atoms with Gasteiger partial charge in [0.05, 0.1) is 0 Å². The summed E-state index contributed by atoms with van der Waals surface area (Å²) in [5.41, 5.74) is 1.69. The van der Waals surface area contributed by atoms with E-state index in [0.29, 0.717) is 6.61 Å². The van der Waals surface area contributed by atoms with Crippen molar-refractivity contribution >= 4 is 8.80 Å². The highest BCUT2D eigenvalue weighted by Gasteiger charge is 2.34. The Kier molecular flexibility index (Phi) is 19.0. The summed E-state index contributed by atoms with van der Waals surface area (Å²) in [6, 6.07) is 0. The number of hydrogen-bond acceptors (Lipinski definition) is 3. The highest BCUT2D eigenvalue weighted by Crippen LogP contribution is 2.12. The van der Waals surface area contributed by atoms with Crippen molar-refractivity contribution in [3.63, 3.8) is 0 Å². The molecule has 0 saturated carbocycles. The summed E-state index contributed by atoms with van der Waals surface area (Å²) in [4.78, 5) is 0. The highest BCUT2D eigenvalue weighted by molar-refractivity contribution is 6.66. The Bertz CT molecular complexity index is 327. The van der Waals surface area contributed by atoms with Crippen molar-refractivity contribution in [2.75, 3.05) is 20.8 Å². The first-order valence-corrected chi connectivity index (χ1v) is 12.6. The van der Waals surface area contributed by atoms with E-state index in [0.717, 1.165) is 6.42 Å². The van der Waals surface area contributed by atoms with Crippen molar-refractivity contribution in [1.82, 2.24) is 0 Å². The van der Waals surface area contributed by atoms with Gasteiger partial charge in [0.2, 0.25) is 0 Å². The Balaban J connectivity index is 3.31. The molecule has 0 saturated heterocycles. The van der Waals surface area contributed by atoms with Crippen LogP contribution in [0, 0.1) is 0 Å². The second kappa shape index (κ2) is 19.3. The van der Waals surface area contributed by atoms with Crippen LogP contribution in [0.1, 0.15) is 96.8 Å². The van der Waals surface area contributed by atoms with Gasteiger partial charge in [-0.25, -0.2) is 0 Å². The molecule has 0 aliphatic heterocycles. The fourth-order valence-electron chi connectivity index (χ4n) is 2.99. The van der Waals surface area contributed by atoms with E-state index >= 15 is 0 Å². The minimum atomic E-state index is -2.57. The molecule has 0 aromatic heterocycles. The summed E-state index contributed by atoms with van der Waals surface area (Å²) in [6.45, 7) is 6.72. The van der Waals surface area contributed by atoms with E-state index < -0.39 is 8.80 Å². The van der Waals surface area contributed by atoms with Crippen LogP contribution in [0.15, 0.2) is 24.4 Å². The Hall–Kier alpha value is -0.423. The molecule has 0 N–H and O–H groups in total. The lowest BCUT2D eigenvalue weighted by Gasteiger charge is -2.22. The average molecular weight is 385 g/mol. The van der Waals surface area contributed by atoms with Crippen LogP contribution in [0.2, 0.25) is 0 Å². The number of hydrogen-bond donors (Lipinski definition) is 0. The van der Waals surface area contributed by atoms with Gasteiger partial charge in [-0.1, -0.05) is 83.4 Å². The predicted octanol–water partition coefficient (Wildman–Crippen LogP) is 7.00. The van der Waals surface area contributed by atoms with Gasteiger partial charge in [-0.2, -0.15) is 0 Å². The Morgan fingerprint density at radius 3 is 1.62 bits per heavy atom. The molecule has 0 aliphatic carbocycles. The van der Waals surface area contributed by atoms with Crippen LogP contribution >= 0.6 is 0 Å². The van der Waals surface area contributed by atoms with Gasteiger partial charge in [0, 0.05) is 20.8 Å². The molecule has 26 heavy (non-hydrogen) atoms. The summed E-state index contributed by atoms with van der Waals surface area (Å²) in [7, 11) is 0.679. The molecule has 0 fully saturated rings. The van der Waals surface area contributed by atoms with Crippen LogP contribution in [0.3, 0.4) is 0 Å². The van der Waals surface area contributed by atoms with Crippen LogP contribution in [0.4, 0.5) is 0 Å². The van der Waals surface area contributed by atoms with Crippen molar-refractivity contribution < 1.29 is 13.3 Å². The normalized spacial score (nSPS) is 12.1. The minimum absolute atomic E-state index is 0.696. The topological polar surface area (TPSA) is 27.7 Å². The van der Waals surface area contributed by atoms with Gasteiger partial charge < -0.3 is 13.3 Å². The van der Waals surface area contributed by atoms with Gasteiger partial charge in [0.25, 0.3) is 0 Å². The first-order chi connectivity index (χ1) is 12.7. The molecule has 0 aromatic rings. The molecular formula is C22H44O3Si. The molecule has 154 valence electrons. The van der Waals surface area contributed by atoms with Crippen LogP contribution < -0.4 is 0 Å². The third-order valence-electron chi connectivity index (χ3n) is 4.78. The van der Waals surface area contributed by atoms with Gasteiger partial charge in [0.1, 0.15) is 0 Å². The summed E-state index contributed by atoms with van der Waals surface area (Å²) < 4.78 is 16.4. The summed E-state index contributed by atoms with van der Waals surface area (Å²) in [5, 5.41) is 0. The lowest BCUT2D eigenvalue weighted by Crippen LogP contribution is -2.42. The van der Waals surface area contributed by atoms with Crippen molar-refractivity contribution in [3.8, 4) is 0 Å². The van der Waals surface area contributed by atoms with Gasteiger partial charge >= 0.3 is 8.80 Å². The standard InChI is InChI=1S/C22H44O3Si/c1-5-7-8-9-10-11-12-13-14-15-16-17-18-19-20-21-22-25-26(6-2,23-3)24-4/h6,13-14H,2,5,7-12,15-22H2,1,3-4H3/b14-13-. The van der Waals surface area contributed by atoms with E-state index in [-0.39, 0.29) is 0 Å². The molecule has 0 spiro atoms. The molecule has 0 heterocycles. The largest absolute Gasteiger partial charge is 0.528 e. The molecule has 0 aliphatic rings. The fraction of sp³-hybridized carbons (Fsp3) is 0.818. The molecule has 0 unspecified atom stereocenters. The number of rotatable bonds is 20. The zero-order chi connectivity index (χ0) is 19.3. The quantitative estimate of drug-likeness (QED) is 0.128. The van der Waals surface area contributed by atoms with Gasteiger partial charge in [0.15, 0.2) is 0 Å². The smallest absolute Gasteiger partial charge is 0.374 e. The lowest BCUT2D eigenvalue weighted by atomic mass is 10.1. The zero-order valence-electron chi connectivity index (χ0n) is 17.8. The van der Waals surface area contributed by atoms with Crippen LogP contribution in [-0.4, -0.2) is 29.6 Å².